The second kappa shape index (κ2) is 7.15. The highest BCUT2D eigenvalue weighted by Gasteiger charge is 2.31. The summed E-state index contributed by atoms with van der Waals surface area (Å²) in [6.07, 6.45) is 9.73. The molecule has 0 radical (unpaired) electrons. The third-order valence-electron chi connectivity index (χ3n) is 4.65. The van der Waals surface area contributed by atoms with Gasteiger partial charge < -0.3 is 4.79 Å². The fourth-order valence-electron chi connectivity index (χ4n) is 2.99. The van der Waals surface area contributed by atoms with Crippen LogP contribution in [0.2, 0.25) is 0 Å². The summed E-state index contributed by atoms with van der Waals surface area (Å²) in [6.45, 7) is 8.74. The van der Waals surface area contributed by atoms with Crippen LogP contribution in [0.5, 0.6) is 0 Å². The molecule has 17 heavy (non-hydrogen) atoms. The second-order valence-electron chi connectivity index (χ2n) is 5.57. The lowest BCUT2D eigenvalue weighted by Gasteiger charge is -2.36. The molecule has 0 aromatic heterocycles. The lowest BCUT2D eigenvalue weighted by atomic mass is 9.83. The number of hydrogen-bond donors (Lipinski definition) is 0. The molecule has 0 amide bonds. The number of carbonyl (C=O) groups excluding carboxylic acids is 1. The largest absolute Gasteiger partial charge is 0.303 e. The molecule has 1 heterocycles. The first-order valence-electron chi connectivity index (χ1n) is 7.41. The highest BCUT2D eigenvalue weighted by molar-refractivity contribution is 5.59. The van der Waals surface area contributed by atoms with E-state index in [2.05, 4.69) is 25.7 Å². The molecule has 2 nitrogen and oxygen atoms in total. The molecule has 1 fully saturated rings. The Balaban J connectivity index is 2.70. The Hall–Kier alpha value is -0.370. The molecule has 1 unspecified atom stereocenters. The smallest absolute Gasteiger partial charge is 0.127 e. The molecule has 1 atom stereocenters. The van der Waals surface area contributed by atoms with Gasteiger partial charge >= 0.3 is 0 Å². The number of nitrogens with zero attached hydrogens (tertiary/aromatic N) is 1. The second-order valence-corrected chi connectivity index (χ2v) is 5.57. The van der Waals surface area contributed by atoms with Gasteiger partial charge in [0.2, 0.25) is 0 Å². The summed E-state index contributed by atoms with van der Waals surface area (Å²) >= 11 is 0. The molecule has 100 valence electrons. The molecule has 0 aromatic carbocycles. The number of hydrogen-bond acceptors (Lipinski definition) is 2. The lowest BCUT2D eigenvalue weighted by Crippen LogP contribution is -2.43. The highest BCUT2D eigenvalue weighted by Crippen LogP contribution is 2.29. The average Bonchev–Trinajstić information content (AvgIpc) is 2.61. The first kappa shape index (κ1) is 14.7. The van der Waals surface area contributed by atoms with Crippen molar-refractivity contribution in [1.82, 2.24) is 4.90 Å². The van der Waals surface area contributed by atoms with Gasteiger partial charge in [-0.1, -0.05) is 33.6 Å². The SMILES string of the molecule is CCC1CCCCCN1CC(C=O)(CC)CC. The predicted octanol–water partition coefficient (Wildman–Crippen LogP) is 3.65. The number of rotatable bonds is 6. The minimum atomic E-state index is -0.0994. The van der Waals surface area contributed by atoms with Gasteiger partial charge in [-0.2, -0.15) is 0 Å². The van der Waals surface area contributed by atoms with Gasteiger partial charge in [0, 0.05) is 18.0 Å². The Bertz CT molecular complexity index is 223. The molecule has 1 saturated heterocycles. The summed E-state index contributed by atoms with van der Waals surface area (Å²) in [5, 5.41) is 0. The van der Waals surface area contributed by atoms with Crippen molar-refractivity contribution in [2.45, 2.75) is 71.8 Å². The van der Waals surface area contributed by atoms with E-state index in [1.54, 1.807) is 0 Å². The first-order chi connectivity index (χ1) is 8.21. The van der Waals surface area contributed by atoms with Crippen LogP contribution in [0.4, 0.5) is 0 Å². The van der Waals surface area contributed by atoms with Gasteiger partial charge in [0.25, 0.3) is 0 Å². The summed E-state index contributed by atoms with van der Waals surface area (Å²) in [5.41, 5.74) is -0.0994. The molecule has 0 N–H and O–H groups in total. The van der Waals surface area contributed by atoms with Crippen molar-refractivity contribution in [3.05, 3.63) is 0 Å². The van der Waals surface area contributed by atoms with Gasteiger partial charge in [0.1, 0.15) is 6.29 Å². The Morgan fingerprint density at radius 2 is 1.88 bits per heavy atom. The van der Waals surface area contributed by atoms with E-state index in [1.165, 1.54) is 44.9 Å². The van der Waals surface area contributed by atoms with E-state index in [9.17, 15) is 4.79 Å². The van der Waals surface area contributed by atoms with Crippen molar-refractivity contribution in [2.75, 3.05) is 13.1 Å². The van der Waals surface area contributed by atoms with E-state index in [-0.39, 0.29) is 5.41 Å². The van der Waals surface area contributed by atoms with Gasteiger partial charge in [-0.15, -0.1) is 0 Å². The Morgan fingerprint density at radius 3 is 2.41 bits per heavy atom. The maximum atomic E-state index is 11.4. The third kappa shape index (κ3) is 3.80. The van der Waals surface area contributed by atoms with E-state index in [0.717, 1.165) is 19.4 Å². The monoisotopic (exact) mass is 239 g/mol. The highest BCUT2D eigenvalue weighted by atomic mass is 16.1. The normalized spacial score (nSPS) is 23.4. The summed E-state index contributed by atoms with van der Waals surface area (Å²) in [6, 6.07) is 0.704. The molecule has 0 spiro atoms. The van der Waals surface area contributed by atoms with Crippen molar-refractivity contribution in [2.24, 2.45) is 5.41 Å². The standard InChI is InChI=1S/C15H29NO/c1-4-14-10-8-7-9-11-16(14)12-15(5-2,6-3)13-17/h13-14H,4-12H2,1-3H3. The van der Waals surface area contributed by atoms with E-state index in [4.69, 9.17) is 0 Å². The van der Waals surface area contributed by atoms with E-state index >= 15 is 0 Å². The fraction of sp³-hybridized carbons (Fsp3) is 0.933. The molecule has 1 rings (SSSR count). The van der Waals surface area contributed by atoms with Gasteiger partial charge in [-0.05, 0) is 38.6 Å². The fourth-order valence-corrected chi connectivity index (χ4v) is 2.99. The van der Waals surface area contributed by atoms with Crippen molar-refractivity contribution in [3.63, 3.8) is 0 Å². The van der Waals surface area contributed by atoms with Crippen LogP contribution in [0.3, 0.4) is 0 Å². The van der Waals surface area contributed by atoms with E-state index in [0.29, 0.717) is 6.04 Å². The minimum Gasteiger partial charge on any atom is -0.303 e. The van der Waals surface area contributed by atoms with Gasteiger partial charge in [0.05, 0.1) is 0 Å². The quantitative estimate of drug-likeness (QED) is 0.659. The van der Waals surface area contributed by atoms with Crippen LogP contribution < -0.4 is 0 Å². The maximum absolute atomic E-state index is 11.4. The van der Waals surface area contributed by atoms with Crippen LogP contribution in [0.25, 0.3) is 0 Å². The molecule has 0 saturated carbocycles. The maximum Gasteiger partial charge on any atom is 0.127 e. The number of likely N-dealkylation sites (tertiary alicyclic amines) is 1. The molecule has 0 aliphatic carbocycles. The van der Waals surface area contributed by atoms with Crippen LogP contribution in [0.15, 0.2) is 0 Å². The van der Waals surface area contributed by atoms with Crippen LogP contribution >= 0.6 is 0 Å². The number of aldehydes is 1. The minimum absolute atomic E-state index is 0.0994. The summed E-state index contributed by atoms with van der Waals surface area (Å²) in [7, 11) is 0. The Morgan fingerprint density at radius 1 is 1.18 bits per heavy atom. The zero-order valence-electron chi connectivity index (χ0n) is 11.9. The van der Waals surface area contributed by atoms with Crippen molar-refractivity contribution in [3.8, 4) is 0 Å². The zero-order chi connectivity index (χ0) is 12.7. The molecule has 2 heteroatoms. The average molecular weight is 239 g/mol. The summed E-state index contributed by atoms with van der Waals surface area (Å²) in [4.78, 5) is 14.0. The number of carbonyl (C=O) groups is 1. The molecule has 0 bridgehead atoms. The van der Waals surface area contributed by atoms with Gasteiger partial charge in [-0.25, -0.2) is 0 Å². The first-order valence-corrected chi connectivity index (χ1v) is 7.41. The lowest BCUT2D eigenvalue weighted by molar-refractivity contribution is -0.118. The van der Waals surface area contributed by atoms with Crippen molar-refractivity contribution >= 4 is 6.29 Å². The van der Waals surface area contributed by atoms with Crippen LogP contribution in [0.1, 0.15) is 65.7 Å². The topological polar surface area (TPSA) is 20.3 Å². The van der Waals surface area contributed by atoms with Crippen molar-refractivity contribution < 1.29 is 4.79 Å². The molecule has 1 aliphatic heterocycles. The molecule has 1 aliphatic rings. The zero-order valence-corrected chi connectivity index (χ0v) is 11.9. The molecular weight excluding hydrogens is 210 g/mol. The third-order valence-corrected chi connectivity index (χ3v) is 4.65. The van der Waals surface area contributed by atoms with Crippen LogP contribution in [-0.2, 0) is 4.79 Å². The van der Waals surface area contributed by atoms with E-state index in [1.807, 2.05) is 0 Å². The predicted molar refractivity (Wildman–Crippen MR) is 73.2 cm³/mol. The van der Waals surface area contributed by atoms with Crippen molar-refractivity contribution in [1.29, 1.82) is 0 Å². The summed E-state index contributed by atoms with van der Waals surface area (Å²) < 4.78 is 0. The molecule has 0 aromatic rings. The van der Waals surface area contributed by atoms with E-state index < -0.39 is 0 Å². The Kier molecular flexibility index (Phi) is 6.18. The molecular formula is C15H29NO. The Labute approximate surface area is 107 Å². The summed E-state index contributed by atoms with van der Waals surface area (Å²) in [5.74, 6) is 0. The van der Waals surface area contributed by atoms with Gasteiger partial charge in [-0.3, -0.25) is 4.90 Å². The van der Waals surface area contributed by atoms with Crippen LogP contribution in [-0.4, -0.2) is 30.3 Å². The van der Waals surface area contributed by atoms with Gasteiger partial charge in [0.15, 0.2) is 0 Å². The van der Waals surface area contributed by atoms with Crippen LogP contribution in [0, 0.1) is 5.41 Å².